The zero-order valence-electron chi connectivity index (χ0n) is 14.2. The molecule has 2 atom stereocenters. The highest BCUT2D eigenvalue weighted by Gasteiger charge is 2.47. The molecule has 1 aliphatic rings. The van der Waals surface area contributed by atoms with E-state index in [-0.39, 0.29) is 11.3 Å². The summed E-state index contributed by atoms with van der Waals surface area (Å²) in [6.07, 6.45) is 4.75. The molecule has 4 heteroatoms. The molecule has 4 nitrogen and oxygen atoms in total. The summed E-state index contributed by atoms with van der Waals surface area (Å²) in [5.74, 6) is -0.427. The number of nitrogens with zero attached hydrogens (tertiary/aromatic N) is 1. The lowest BCUT2D eigenvalue weighted by atomic mass is 9.76. The first-order valence-corrected chi connectivity index (χ1v) is 8.16. The molecule has 1 fully saturated rings. The number of rotatable bonds is 4. The second-order valence-electron chi connectivity index (χ2n) is 7.50. The smallest absolute Gasteiger partial charge is 0.329 e. The summed E-state index contributed by atoms with van der Waals surface area (Å²) in [5, 5.41) is 9.85. The van der Waals surface area contributed by atoms with Crippen LogP contribution in [0.3, 0.4) is 0 Å². The standard InChI is InChI=1S/C17H31NO3/c1-6-12-18(13(2)19)17(15(20)21)10-7-8-14(9-11-17)16(3,4)5/h14H,6-12H2,1-5H3,(H,20,21). The van der Waals surface area contributed by atoms with Crippen LogP contribution in [0.2, 0.25) is 0 Å². The van der Waals surface area contributed by atoms with Crippen molar-refractivity contribution in [2.75, 3.05) is 6.54 Å². The van der Waals surface area contributed by atoms with Gasteiger partial charge >= 0.3 is 5.97 Å². The van der Waals surface area contributed by atoms with Gasteiger partial charge < -0.3 is 10.0 Å². The molecule has 0 aromatic carbocycles. The lowest BCUT2D eigenvalue weighted by Gasteiger charge is -2.40. The van der Waals surface area contributed by atoms with Crippen LogP contribution in [0.5, 0.6) is 0 Å². The summed E-state index contributed by atoms with van der Waals surface area (Å²) in [5.41, 5.74) is -0.803. The highest BCUT2D eigenvalue weighted by molar-refractivity contribution is 5.86. The Balaban J connectivity index is 3.06. The van der Waals surface area contributed by atoms with Gasteiger partial charge in [-0.3, -0.25) is 4.79 Å². The summed E-state index contributed by atoms with van der Waals surface area (Å²) in [7, 11) is 0. The first-order chi connectivity index (χ1) is 9.65. The highest BCUT2D eigenvalue weighted by Crippen LogP contribution is 2.42. The minimum absolute atomic E-state index is 0.117. The van der Waals surface area contributed by atoms with Crippen LogP contribution in [-0.2, 0) is 9.59 Å². The van der Waals surface area contributed by atoms with Gasteiger partial charge in [0, 0.05) is 13.5 Å². The SMILES string of the molecule is CCCN(C(C)=O)C1(C(=O)O)CCCC(C(C)(C)C)CC1. The Morgan fingerprint density at radius 1 is 1.24 bits per heavy atom. The maximum Gasteiger partial charge on any atom is 0.329 e. The van der Waals surface area contributed by atoms with Crippen molar-refractivity contribution in [3.05, 3.63) is 0 Å². The molecule has 1 rings (SSSR count). The van der Waals surface area contributed by atoms with Crippen LogP contribution in [0.4, 0.5) is 0 Å². The van der Waals surface area contributed by atoms with Gasteiger partial charge in [0.1, 0.15) is 5.54 Å². The lowest BCUT2D eigenvalue weighted by molar-refractivity contribution is -0.160. The highest BCUT2D eigenvalue weighted by atomic mass is 16.4. The van der Waals surface area contributed by atoms with Crippen molar-refractivity contribution in [3.63, 3.8) is 0 Å². The Morgan fingerprint density at radius 3 is 2.29 bits per heavy atom. The second kappa shape index (κ2) is 6.80. The van der Waals surface area contributed by atoms with Crippen LogP contribution in [0.15, 0.2) is 0 Å². The molecule has 2 unspecified atom stereocenters. The Kier molecular flexibility index (Phi) is 5.83. The third kappa shape index (κ3) is 3.98. The Bertz CT molecular complexity index is 386. The van der Waals surface area contributed by atoms with Gasteiger partial charge in [0.25, 0.3) is 0 Å². The fourth-order valence-corrected chi connectivity index (χ4v) is 3.68. The molecule has 0 bridgehead atoms. The van der Waals surface area contributed by atoms with Gasteiger partial charge in [-0.2, -0.15) is 0 Å². The van der Waals surface area contributed by atoms with Crippen molar-refractivity contribution >= 4 is 11.9 Å². The van der Waals surface area contributed by atoms with Crippen molar-refractivity contribution < 1.29 is 14.7 Å². The largest absolute Gasteiger partial charge is 0.479 e. The van der Waals surface area contributed by atoms with Crippen LogP contribution in [0.1, 0.15) is 73.1 Å². The number of amides is 1. The number of aliphatic carboxylic acids is 1. The Labute approximate surface area is 128 Å². The lowest BCUT2D eigenvalue weighted by Crippen LogP contribution is -2.56. The summed E-state index contributed by atoms with van der Waals surface area (Å²) in [6.45, 7) is 10.7. The van der Waals surface area contributed by atoms with E-state index in [0.29, 0.717) is 25.3 Å². The molecule has 1 saturated carbocycles. The van der Waals surface area contributed by atoms with Gasteiger partial charge in [0.2, 0.25) is 5.91 Å². The van der Waals surface area contributed by atoms with Crippen molar-refractivity contribution in [2.45, 2.75) is 78.7 Å². The summed E-state index contributed by atoms with van der Waals surface area (Å²) < 4.78 is 0. The second-order valence-corrected chi connectivity index (χ2v) is 7.50. The molecule has 0 radical (unpaired) electrons. The molecular weight excluding hydrogens is 266 g/mol. The number of carbonyl (C=O) groups is 2. The fraction of sp³-hybridized carbons (Fsp3) is 0.882. The first kappa shape index (κ1) is 18.0. The maximum absolute atomic E-state index is 12.0. The van der Waals surface area contributed by atoms with E-state index in [0.717, 1.165) is 25.7 Å². The zero-order chi connectivity index (χ0) is 16.3. The van der Waals surface area contributed by atoms with Gasteiger partial charge in [-0.1, -0.05) is 34.1 Å². The predicted molar refractivity (Wildman–Crippen MR) is 84.1 cm³/mol. The van der Waals surface area contributed by atoms with Crippen molar-refractivity contribution in [2.24, 2.45) is 11.3 Å². The molecule has 0 heterocycles. The number of hydrogen-bond donors (Lipinski definition) is 1. The molecule has 0 spiro atoms. The Hall–Kier alpha value is -1.06. The van der Waals surface area contributed by atoms with E-state index in [1.807, 2.05) is 6.92 Å². The topological polar surface area (TPSA) is 57.6 Å². The molecule has 1 amide bonds. The average Bonchev–Trinajstić information content (AvgIpc) is 2.58. The number of carboxylic acids is 1. The van der Waals surface area contributed by atoms with Crippen LogP contribution in [-0.4, -0.2) is 34.0 Å². The number of carboxylic acid groups (broad SMARTS) is 1. The van der Waals surface area contributed by atoms with Gasteiger partial charge in [-0.25, -0.2) is 4.79 Å². The van der Waals surface area contributed by atoms with Gasteiger partial charge in [0.15, 0.2) is 0 Å². The zero-order valence-corrected chi connectivity index (χ0v) is 14.2. The summed E-state index contributed by atoms with van der Waals surface area (Å²) in [4.78, 5) is 25.6. The van der Waals surface area contributed by atoms with Gasteiger partial charge in [0.05, 0.1) is 0 Å². The van der Waals surface area contributed by atoms with E-state index < -0.39 is 11.5 Å². The molecular formula is C17H31NO3. The van der Waals surface area contributed by atoms with Crippen LogP contribution in [0.25, 0.3) is 0 Å². The normalized spacial score (nSPS) is 27.0. The monoisotopic (exact) mass is 297 g/mol. The van der Waals surface area contributed by atoms with Crippen molar-refractivity contribution in [1.82, 2.24) is 4.90 Å². The molecule has 1 aliphatic carbocycles. The van der Waals surface area contributed by atoms with Crippen molar-refractivity contribution in [3.8, 4) is 0 Å². The Morgan fingerprint density at radius 2 is 1.86 bits per heavy atom. The van der Waals surface area contributed by atoms with E-state index in [9.17, 15) is 14.7 Å². The van der Waals surface area contributed by atoms with E-state index >= 15 is 0 Å². The van der Waals surface area contributed by atoms with Crippen LogP contribution in [0, 0.1) is 11.3 Å². The van der Waals surface area contributed by atoms with E-state index in [4.69, 9.17) is 0 Å². The first-order valence-electron chi connectivity index (χ1n) is 8.16. The summed E-state index contributed by atoms with van der Waals surface area (Å²) >= 11 is 0. The molecule has 122 valence electrons. The minimum atomic E-state index is -0.998. The van der Waals surface area contributed by atoms with E-state index in [2.05, 4.69) is 20.8 Å². The number of carbonyl (C=O) groups excluding carboxylic acids is 1. The average molecular weight is 297 g/mol. The molecule has 0 aromatic rings. The van der Waals surface area contributed by atoms with Crippen LogP contribution < -0.4 is 0 Å². The predicted octanol–water partition coefficient (Wildman–Crippen LogP) is 3.69. The fourth-order valence-electron chi connectivity index (χ4n) is 3.68. The third-order valence-corrected chi connectivity index (χ3v) is 5.02. The molecule has 0 saturated heterocycles. The van der Waals surface area contributed by atoms with Crippen LogP contribution >= 0.6 is 0 Å². The molecule has 0 aromatic heterocycles. The quantitative estimate of drug-likeness (QED) is 0.805. The molecule has 0 aliphatic heterocycles. The van der Waals surface area contributed by atoms with Crippen molar-refractivity contribution in [1.29, 1.82) is 0 Å². The molecule has 1 N–H and O–H groups in total. The maximum atomic E-state index is 12.0. The van der Waals surface area contributed by atoms with E-state index in [1.165, 1.54) is 6.92 Å². The van der Waals surface area contributed by atoms with E-state index in [1.54, 1.807) is 4.90 Å². The van der Waals surface area contributed by atoms with Gasteiger partial charge in [-0.15, -0.1) is 0 Å². The third-order valence-electron chi connectivity index (χ3n) is 5.02. The molecule has 21 heavy (non-hydrogen) atoms. The minimum Gasteiger partial charge on any atom is -0.479 e. The summed E-state index contributed by atoms with van der Waals surface area (Å²) in [6, 6.07) is 0. The number of hydrogen-bond acceptors (Lipinski definition) is 2. The van der Waals surface area contributed by atoms with Gasteiger partial charge in [-0.05, 0) is 43.4 Å².